The fraction of sp³-hybridized carbons (Fsp3) is 0.562. The third-order valence-electron chi connectivity index (χ3n) is 4.06. The summed E-state index contributed by atoms with van der Waals surface area (Å²) in [6.45, 7) is 4.02. The number of nitrogens with zero attached hydrogens (tertiary/aromatic N) is 3. The molecule has 7 heteroatoms. The van der Waals surface area contributed by atoms with Crippen LogP contribution in [0.5, 0.6) is 0 Å². The first-order valence-electron chi connectivity index (χ1n) is 7.91. The van der Waals surface area contributed by atoms with Gasteiger partial charge in [-0.1, -0.05) is 37.4 Å². The van der Waals surface area contributed by atoms with Crippen molar-refractivity contribution in [1.29, 1.82) is 5.26 Å². The summed E-state index contributed by atoms with van der Waals surface area (Å²) >= 11 is 6.23. The molecule has 23 heavy (non-hydrogen) atoms. The Morgan fingerprint density at radius 3 is 2.52 bits per heavy atom. The third kappa shape index (κ3) is 4.37. The summed E-state index contributed by atoms with van der Waals surface area (Å²) in [6.07, 6.45) is 2.65. The van der Waals surface area contributed by atoms with E-state index < -0.39 is 10.0 Å². The van der Waals surface area contributed by atoms with Gasteiger partial charge in [-0.05, 0) is 18.6 Å². The van der Waals surface area contributed by atoms with Crippen molar-refractivity contribution in [2.75, 3.05) is 36.8 Å². The largest absolute Gasteiger partial charge is 0.367 e. The first kappa shape index (κ1) is 18.1. The molecule has 1 aliphatic heterocycles. The summed E-state index contributed by atoms with van der Waals surface area (Å²) in [5.74, 6) is 0.219. The standard InChI is InChI=1S/C16H22ClN3O2S/c1-2-3-4-12-23(21,22)20-10-8-19(9-11-20)16-14(13-18)6-5-7-15(16)17/h5-7H,2-4,8-12H2,1H3. The average molecular weight is 356 g/mol. The van der Waals surface area contributed by atoms with E-state index in [1.54, 1.807) is 22.5 Å². The molecule has 1 saturated heterocycles. The van der Waals surface area contributed by atoms with Crippen LogP contribution in [0, 0.1) is 11.3 Å². The number of sulfonamides is 1. The van der Waals surface area contributed by atoms with Crippen LogP contribution in [0.4, 0.5) is 5.69 Å². The van der Waals surface area contributed by atoms with Gasteiger partial charge in [0.05, 0.1) is 22.0 Å². The number of rotatable bonds is 6. The van der Waals surface area contributed by atoms with E-state index in [-0.39, 0.29) is 5.75 Å². The lowest BCUT2D eigenvalue weighted by Crippen LogP contribution is -2.49. The molecule has 1 aromatic carbocycles. The Morgan fingerprint density at radius 1 is 1.22 bits per heavy atom. The van der Waals surface area contributed by atoms with Crippen molar-refractivity contribution >= 4 is 27.3 Å². The summed E-state index contributed by atoms with van der Waals surface area (Å²) in [5, 5.41) is 9.76. The van der Waals surface area contributed by atoms with Crippen molar-refractivity contribution in [3.63, 3.8) is 0 Å². The van der Waals surface area contributed by atoms with Gasteiger partial charge in [0.15, 0.2) is 0 Å². The molecule has 2 rings (SSSR count). The van der Waals surface area contributed by atoms with Crippen LogP contribution in [0.25, 0.3) is 0 Å². The maximum Gasteiger partial charge on any atom is 0.214 e. The molecule has 0 saturated carbocycles. The quantitative estimate of drug-likeness (QED) is 0.736. The van der Waals surface area contributed by atoms with Crippen LogP contribution in [-0.2, 0) is 10.0 Å². The topological polar surface area (TPSA) is 64.4 Å². The van der Waals surface area contributed by atoms with Crippen molar-refractivity contribution < 1.29 is 8.42 Å². The number of hydrogen-bond acceptors (Lipinski definition) is 4. The van der Waals surface area contributed by atoms with Gasteiger partial charge in [-0.25, -0.2) is 8.42 Å². The number of nitriles is 1. The molecule has 0 spiro atoms. The minimum Gasteiger partial charge on any atom is -0.367 e. The van der Waals surface area contributed by atoms with Crippen molar-refractivity contribution in [2.24, 2.45) is 0 Å². The zero-order valence-electron chi connectivity index (χ0n) is 13.3. The molecule has 1 aromatic rings. The highest BCUT2D eigenvalue weighted by molar-refractivity contribution is 7.89. The van der Waals surface area contributed by atoms with Crippen LogP contribution in [0.2, 0.25) is 5.02 Å². The van der Waals surface area contributed by atoms with E-state index in [0.29, 0.717) is 48.9 Å². The molecule has 5 nitrogen and oxygen atoms in total. The summed E-state index contributed by atoms with van der Waals surface area (Å²) in [4.78, 5) is 2.00. The average Bonchev–Trinajstić information content (AvgIpc) is 2.55. The Balaban J connectivity index is 2.03. The molecule has 1 aliphatic rings. The fourth-order valence-electron chi connectivity index (χ4n) is 2.78. The van der Waals surface area contributed by atoms with Crippen molar-refractivity contribution in [3.8, 4) is 6.07 Å². The van der Waals surface area contributed by atoms with Gasteiger partial charge in [-0.15, -0.1) is 0 Å². The monoisotopic (exact) mass is 355 g/mol. The number of piperazine rings is 1. The zero-order valence-corrected chi connectivity index (χ0v) is 14.9. The molecule has 0 aromatic heterocycles. The van der Waals surface area contributed by atoms with Crippen molar-refractivity contribution in [1.82, 2.24) is 4.31 Å². The van der Waals surface area contributed by atoms with Gasteiger partial charge in [0.2, 0.25) is 10.0 Å². The summed E-state index contributed by atoms with van der Waals surface area (Å²) in [6, 6.07) is 7.39. The van der Waals surface area contributed by atoms with Gasteiger partial charge in [0.25, 0.3) is 0 Å². The van der Waals surface area contributed by atoms with Crippen LogP contribution < -0.4 is 4.90 Å². The Bertz CT molecular complexity index is 677. The molecular formula is C16H22ClN3O2S. The van der Waals surface area contributed by atoms with E-state index in [9.17, 15) is 13.7 Å². The third-order valence-corrected chi connectivity index (χ3v) is 6.32. The lowest BCUT2D eigenvalue weighted by atomic mass is 10.1. The lowest BCUT2D eigenvalue weighted by Gasteiger charge is -2.36. The number of benzene rings is 1. The van der Waals surface area contributed by atoms with Crippen molar-refractivity contribution in [2.45, 2.75) is 26.2 Å². The normalized spacial score (nSPS) is 16.3. The molecule has 0 amide bonds. The van der Waals surface area contributed by atoms with Crippen molar-refractivity contribution in [3.05, 3.63) is 28.8 Å². The molecule has 0 unspecified atom stereocenters. The van der Waals surface area contributed by atoms with Gasteiger partial charge in [-0.2, -0.15) is 9.57 Å². The molecule has 126 valence electrons. The minimum atomic E-state index is -3.18. The SMILES string of the molecule is CCCCCS(=O)(=O)N1CCN(c2c(Cl)cccc2C#N)CC1. The number of halogens is 1. The Labute approximate surface area is 143 Å². The van der Waals surface area contributed by atoms with Gasteiger partial charge >= 0.3 is 0 Å². The highest BCUT2D eigenvalue weighted by Gasteiger charge is 2.28. The van der Waals surface area contributed by atoms with Crippen LogP contribution in [0.3, 0.4) is 0 Å². The first-order valence-corrected chi connectivity index (χ1v) is 9.89. The minimum absolute atomic E-state index is 0.219. The molecule has 1 fully saturated rings. The van der Waals surface area contributed by atoms with Crippen LogP contribution in [0.15, 0.2) is 18.2 Å². The van der Waals surface area contributed by atoms with E-state index in [1.807, 2.05) is 4.90 Å². The predicted molar refractivity (Wildman–Crippen MR) is 93.3 cm³/mol. The van der Waals surface area contributed by atoms with E-state index in [4.69, 9.17) is 11.6 Å². The molecular weight excluding hydrogens is 334 g/mol. The Morgan fingerprint density at radius 2 is 1.91 bits per heavy atom. The smallest absolute Gasteiger partial charge is 0.214 e. The number of unbranched alkanes of at least 4 members (excludes halogenated alkanes) is 2. The maximum absolute atomic E-state index is 12.3. The van der Waals surface area contributed by atoms with E-state index in [2.05, 4.69) is 13.0 Å². The molecule has 1 heterocycles. The highest BCUT2D eigenvalue weighted by Crippen LogP contribution is 2.30. The number of para-hydroxylation sites is 1. The summed E-state index contributed by atoms with van der Waals surface area (Å²) in [5.41, 5.74) is 1.23. The summed E-state index contributed by atoms with van der Waals surface area (Å²) < 4.78 is 26.2. The molecule has 0 bridgehead atoms. The second kappa shape index (κ2) is 8.00. The van der Waals surface area contributed by atoms with Crippen LogP contribution in [0.1, 0.15) is 31.7 Å². The van der Waals surface area contributed by atoms with Gasteiger partial charge in [-0.3, -0.25) is 0 Å². The van der Waals surface area contributed by atoms with Gasteiger partial charge in [0, 0.05) is 26.2 Å². The maximum atomic E-state index is 12.3. The predicted octanol–water partition coefficient (Wildman–Crippen LogP) is 2.85. The lowest BCUT2D eigenvalue weighted by molar-refractivity contribution is 0.384. The number of anilines is 1. The second-order valence-electron chi connectivity index (χ2n) is 5.66. The molecule has 0 radical (unpaired) electrons. The van der Waals surface area contributed by atoms with Crippen LogP contribution >= 0.6 is 11.6 Å². The second-order valence-corrected chi connectivity index (χ2v) is 8.15. The zero-order chi connectivity index (χ0) is 16.9. The molecule has 0 N–H and O–H groups in total. The van der Waals surface area contributed by atoms with E-state index in [1.165, 1.54) is 0 Å². The van der Waals surface area contributed by atoms with E-state index >= 15 is 0 Å². The molecule has 0 atom stereocenters. The fourth-order valence-corrected chi connectivity index (χ4v) is 4.62. The van der Waals surface area contributed by atoms with Crippen LogP contribution in [-0.4, -0.2) is 44.7 Å². The highest BCUT2D eigenvalue weighted by atomic mass is 35.5. The number of hydrogen-bond donors (Lipinski definition) is 0. The van der Waals surface area contributed by atoms with E-state index in [0.717, 1.165) is 12.8 Å². The van der Waals surface area contributed by atoms with Gasteiger partial charge in [0.1, 0.15) is 6.07 Å². The van der Waals surface area contributed by atoms with Gasteiger partial charge < -0.3 is 4.90 Å². The molecule has 0 aliphatic carbocycles. The summed E-state index contributed by atoms with van der Waals surface area (Å²) in [7, 11) is -3.18. The Hall–Kier alpha value is -1.29. The Kier molecular flexibility index (Phi) is 6.28. The first-order chi connectivity index (χ1) is 11.0.